The number of rotatable bonds is 5. The molecular weight excluding hydrogens is 388 g/mol. The van der Waals surface area contributed by atoms with Crippen molar-refractivity contribution in [2.45, 2.75) is 44.6 Å². The van der Waals surface area contributed by atoms with Crippen molar-refractivity contribution in [3.05, 3.63) is 52.9 Å². The van der Waals surface area contributed by atoms with E-state index < -0.39 is 10.0 Å². The lowest BCUT2D eigenvalue weighted by molar-refractivity contribution is -0.117. The Kier molecular flexibility index (Phi) is 6.24. The number of amides is 1. The molecule has 1 aromatic carbocycles. The number of aromatic nitrogens is 2. The van der Waals surface area contributed by atoms with Gasteiger partial charge >= 0.3 is 0 Å². The van der Waals surface area contributed by atoms with Crippen molar-refractivity contribution < 1.29 is 13.2 Å². The van der Waals surface area contributed by atoms with Crippen molar-refractivity contribution >= 4 is 22.0 Å². The fourth-order valence-electron chi connectivity index (χ4n) is 3.54. The average Bonchev–Trinajstić information content (AvgIpc) is 2.92. The first-order valence-electron chi connectivity index (χ1n) is 9.74. The summed E-state index contributed by atoms with van der Waals surface area (Å²) in [5.41, 5.74) is 3.85. The molecule has 0 saturated carbocycles. The summed E-state index contributed by atoms with van der Waals surface area (Å²) in [6.07, 6.45) is 4.49. The highest BCUT2D eigenvalue weighted by Gasteiger charge is 2.29. The highest BCUT2D eigenvalue weighted by atomic mass is 32.2. The quantitative estimate of drug-likeness (QED) is 0.758. The number of aryl methyl sites for hydroxylation is 3. The molecule has 3 rings (SSSR count). The first kappa shape index (κ1) is 21.3. The van der Waals surface area contributed by atoms with Crippen LogP contribution in [0.4, 0.5) is 0 Å². The summed E-state index contributed by atoms with van der Waals surface area (Å²) in [4.78, 5) is 12.6. The molecule has 0 bridgehead atoms. The second-order valence-electron chi connectivity index (χ2n) is 7.54. The average molecular weight is 417 g/mol. The number of hydrogen-bond acceptors (Lipinski definition) is 4. The van der Waals surface area contributed by atoms with Crippen LogP contribution in [-0.2, 0) is 21.9 Å². The van der Waals surface area contributed by atoms with Gasteiger partial charge in [0, 0.05) is 43.5 Å². The van der Waals surface area contributed by atoms with Crippen LogP contribution in [0.5, 0.6) is 0 Å². The van der Waals surface area contributed by atoms with E-state index in [1.807, 2.05) is 27.8 Å². The lowest BCUT2D eigenvalue weighted by Gasteiger charge is -2.31. The molecule has 7 nitrogen and oxygen atoms in total. The fraction of sp³-hybridized carbons (Fsp3) is 0.429. The van der Waals surface area contributed by atoms with Crippen LogP contribution in [0, 0.1) is 20.8 Å². The van der Waals surface area contributed by atoms with E-state index in [9.17, 15) is 13.2 Å². The summed E-state index contributed by atoms with van der Waals surface area (Å²) in [5, 5.41) is 7.32. The van der Waals surface area contributed by atoms with E-state index in [1.54, 1.807) is 35.0 Å². The monoisotopic (exact) mass is 416 g/mol. The van der Waals surface area contributed by atoms with Gasteiger partial charge in [0.15, 0.2) is 0 Å². The van der Waals surface area contributed by atoms with E-state index in [2.05, 4.69) is 10.4 Å². The molecule has 1 aromatic heterocycles. The summed E-state index contributed by atoms with van der Waals surface area (Å²) < 4.78 is 28.8. The Morgan fingerprint density at radius 2 is 1.76 bits per heavy atom. The van der Waals surface area contributed by atoms with Crippen molar-refractivity contribution in [2.75, 3.05) is 13.1 Å². The molecule has 0 spiro atoms. The summed E-state index contributed by atoms with van der Waals surface area (Å²) >= 11 is 0. The first-order chi connectivity index (χ1) is 13.7. The van der Waals surface area contributed by atoms with Crippen molar-refractivity contribution in [2.24, 2.45) is 7.05 Å². The Morgan fingerprint density at radius 1 is 1.14 bits per heavy atom. The molecule has 0 radical (unpaired) electrons. The van der Waals surface area contributed by atoms with Crippen molar-refractivity contribution in [1.82, 2.24) is 19.4 Å². The normalized spacial score (nSPS) is 16.4. The molecule has 8 heteroatoms. The lowest BCUT2D eigenvalue weighted by atomic mass is 10.1. The SMILES string of the molecule is Cc1ccc(S(=O)(=O)N2CCC(NC(=O)/C=C/c3c(C)nn(C)c3C)CC2)cc1. The maximum atomic E-state index is 12.8. The zero-order valence-corrected chi connectivity index (χ0v) is 18.2. The molecular formula is C21H28N4O3S. The molecule has 1 fully saturated rings. The number of sulfonamides is 1. The maximum Gasteiger partial charge on any atom is 0.244 e. The third kappa shape index (κ3) is 4.76. The molecule has 1 saturated heterocycles. The third-order valence-corrected chi connectivity index (χ3v) is 7.34. The van der Waals surface area contributed by atoms with Crippen LogP contribution < -0.4 is 5.32 Å². The Hall–Kier alpha value is -2.45. The zero-order chi connectivity index (χ0) is 21.2. The number of carbonyl (C=O) groups excluding carboxylic acids is 1. The molecule has 0 atom stereocenters. The van der Waals surface area contributed by atoms with Gasteiger partial charge in [0.1, 0.15) is 0 Å². The number of nitrogens with zero attached hydrogens (tertiary/aromatic N) is 3. The minimum absolute atomic E-state index is 0.0345. The van der Waals surface area contributed by atoms with Crippen LogP contribution >= 0.6 is 0 Å². The third-order valence-electron chi connectivity index (χ3n) is 5.43. The summed E-state index contributed by atoms with van der Waals surface area (Å²) in [7, 11) is -1.61. The second kappa shape index (κ2) is 8.51. The number of nitrogens with one attached hydrogen (secondary N) is 1. The van der Waals surface area contributed by atoms with Gasteiger partial charge in [-0.2, -0.15) is 9.40 Å². The lowest BCUT2D eigenvalue weighted by Crippen LogP contribution is -2.46. The van der Waals surface area contributed by atoms with Crippen LogP contribution in [-0.4, -0.2) is 47.5 Å². The maximum absolute atomic E-state index is 12.8. The van der Waals surface area contributed by atoms with E-state index in [1.165, 1.54) is 10.4 Å². The number of benzene rings is 1. The molecule has 1 amide bonds. The fourth-order valence-corrected chi connectivity index (χ4v) is 5.01. The highest BCUT2D eigenvalue weighted by Crippen LogP contribution is 2.21. The molecule has 156 valence electrons. The van der Waals surface area contributed by atoms with Gasteiger partial charge in [-0.05, 0) is 51.8 Å². The number of carbonyl (C=O) groups is 1. The molecule has 0 aliphatic carbocycles. The van der Waals surface area contributed by atoms with Crippen LogP contribution in [0.2, 0.25) is 0 Å². The predicted octanol–water partition coefficient (Wildman–Crippen LogP) is 2.33. The van der Waals surface area contributed by atoms with Gasteiger partial charge in [0.25, 0.3) is 0 Å². The van der Waals surface area contributed by atoms with Gasteiger partial charge in [0.05, 0.1) is 10.6 Å². The van der Waals surface area contributed by atoms with Crippen LogP contribution in [0.15, 0.2) is 35.2 Å². The second-order valence-corrected chi connectivity index (χ2v) is 9.48. The molecule has 1 aliphatic rings. The summed E-state index contributed by atoms with van der Waals surface area (Å²) in [6, 6.07) is 6.86. The van der Waals surface area contributed by atoms with Gasteiger partial charge in [0.2, 0.25) is 15.9 Å². The molecule has 2 aromatic rings. The van der Waals surface area contributed by atoms with Crippen LogP contribution in [0.1, 0.15) is 35.4 Å². The van der Waals surface area contributed by atoms with Gasteiger partial charge in [-0.15, -0.1) is 0 Å². The predicted molar refractivity (Wildman–Crippen MR) is 113 cm³/mol. The van der Waals surface area contributed by atoms with Gasteiger partial charge in [-0.25, -0.2) is 8.42 Å². The molecule has 2 heterocycles. The van der Waals surface area contributed by atoms with Crippen LogP contribution in [0.3, 0.4) is 0 Å². The standard InChI is InChI=1S/C21H28N4O3S/c1-15-5-7-19(8-6-15)29(27,28)25-13-11-18(12-14-25)22-21(26)10-9-20-16(2)23-24(4)17(20)3/h5-10,18H,11-14H2,1-4H3,(H,22,26)/b10-9+. The topological polar surface area (TPSA) is 84.3 Å². The summed E-state index contributed by atoms with van der Waals surface area (Å²) in [6.45, 7) is 6.59. The first-order valence-corrected chi connectivity index (χ1v) is 11.2. The van der Waals surface area contributed by atoms with Gasteiger partial charge in [-0.1, -0.05) is 17.7 Å². The highest BCUT2D eigenvalue weighted by molar-refractivity contribution is 7.89. The van der Waals surface area contributed by atoms with E-state index >= 15 is 0 Å². The van der Waals surface area contributed by atoms with Crippen molar-refractivity contribution in [3.63, 3.8) is 0 Å². The Balaban J connectivity index is 1.56. The molecule has 29 heavy (non-hydrogen) atoms. The molecule has 1 aliphatic heterocycles. The summed E-state index contributed by atoms with van der Waals surface area (Å²) in [5.74, 6) is -0.174. The number of hydrogen-bond donors (Lipinski definition) is 1. The minimum Gasteiger partial charge on any atom is -0.350 e. The minimum atomic E-state index is -3.49. The van der Waals surface area contributed by atoms with E-state index in [4.69, 9.17) is 0 Å². The molecule has 1 N–H and O–H groups in total. The zero-order valence-electron chi connectivity index (χ0n) is 17.3. The van der Waals surface area contributed by atoms with Crippen LogP contribution in [0.25, 0.3) is 6.08 Å². The largest absolute Gasteiger partial charge is 0.350 e. The van der Waals surface area contributed by atoms with Gasteiger partial charge < -0.3 is 5.32 Å². The van der Waals surface area contributed by atoms with Gasteiger partial charge in [-0.3, -0.25) is 9.48 Å². The Bertz CT molecular complexity index is 1010. The van der Waals surface area contributed by atoms with E-state index in [-0.39, 0.29) is 11.9 Å². The number of piperidine rings is 1. The molecule has 0 unspecified atom stereocenters. The van der Waals surface area contributed by atoms with E-state index in [0.717, 1.165) is 22.5 Å². The Morgan fingerprint density at radius 3 is 2.31 bits per heavy atom. The smallest absolute Gasteiger partial charge is 0.244 e. The Labute approximate surface area is 172 Å². The van der Waals surface area contributed by atoms with E-state index in [0.29, 0.717) is 30.8 Å². The van der Waals surface area contributed by atoms with Crippen molar-refractivity contribution in [3.8, 4) is 0 Å². The van der Waals surface area contributed by atoms with Crippen molar-refractivity contribution in [1.29, 1.82) is 0 Å².